The molecule has 0 radical (unpaired) electrons. The van der Waals surface area contributed by atoms with Crippen molar-refractivity contribution in [2.24, 2.45) is 0 Å². The molecular formula is C16H10N4O7. The molecule has 27 heavy (non-hydrogen) atoms. The van der Waals surface area contributed by atoms with Gasteiger partial charge in [-0.05, 0) is 18.6 Å². The van der Waals surface area contributed by atoms with E-state index in [1.807, 2.05) is 6.07 Å². The number of ether oxygens (including phenoxy) is 1. The monoisotopic (exact) mass is 370 g/mol. The first-order valence-corrected chi connectivity index (χ1v) is 7.43. The Labute approximate surface area is 150 Å². The Bertz CT molecular complexity index is 1080. The summed E-state index contributed by atoms with van der Waals surface area (Å²) < 4.78 is 5.34. The minimum atomic E-state index is -0.984. The zero-order chi connectivity index (χ0) is 19.7. The zero-order valence-corrected chi connectivity index (χ0v) is 13.7. The molecule has 0 saturated heterocycles. The summed E-state index contributed by atoms with van der Waals surface area (Å²) in [6.45, 7) is 1.80. The molecule has 3 rings (SSSR count). The smallest absolute Gasteiger partial charge is 0.325 e. The minimum Gasteiger partial charge on any atom is -0.425 e. The lowest BCUT2D eigenvalue weighted by atomic mass is 10.1. The van der Waals surface area contributed by atoms with Gasteiger partial charge in [-0.1, -0.05) is 18.2 Å². The second kappa shape index (κ2) is 6.63. The molecule has 0 aliphatic rings. The molecule has 3 aromatic rings. The third-order valence-corrected chi connectivity index (χ3v) is 3.74. The molecule has 1 heterocycles. The first kappa shape index (κ1) is 17.7. The molecule has 11 heteroatoms. The van der Waals surface area contributed by atoms with Crippen molar-refractivity contribution in [2.45, 2.75) is 6.92 Å². The summed E-state index contributed by atoms with van der Waals surface area (Å²) in [5.41, 5.74) is -1.22. The van der Waals surface area contributed by atoms with E-state index in [0.717, 1.165) is 10.9 Å². The summed E-state index contributed by atoms with van der Waals surface area (Å²) in [4.78, 5) is 34.8. The second-order valence-electron chi connectivity index (χ2n) is 5.48. The maximum Gasteiger partial charge on any atom is 0.325 e. The molecule has 11 nitrogen and oxygen atoms in total. The van der Waals surface area contributed by atoms with Crippen molar-refractivity contribution in [1.82, 2.24) is 4.98 Å². The molecule has 0 aliphatic heterocycles. The van der Waals surface area contributed by atoms with E-state index in [2.05, 4.69) is 4.98 Å². The molecule has 0 amide bonds. The summed E-state index contributed by atoms with van der Waals surface area (Å²) in [7, 11) is 0. The second-order valence-corrected chi connectivity index (χ2v) is 5.48. The van der Waals surface area contributed by atoms with Crippen LogP contribution in [-0.2, 0) is 0 Å². The van der Waals surface area contributed by atoms with Crippen molar-refractivity contribution < 1.29 is 19.5 Å². The van der Waals surface area contributed by atoms with Crippen LogP contribution in [0.2, 0.25) is 0 Å². The van der Waals surface area contributed by atoms with Crippen LogP contribution in [0.3, 0.4) is 0 Å². The van der Waals surface area contributed by atoms with Gasteiger partial charge in [0.2, 0.25) is 5.88 Å². The van der Waals surface area contributed by atoms with Gasteiger partial charge in [0, 0.05) is 11.5 Å². The summed E-state index contributed by atoms with van der Waals surface area (Å²) in [5.74, 6) is -0.840. The number of fused-ring (bicyclic) bond motifs is 1. The highest BCUT2D eigenvalue weighted by Gasteiger charge is 2.33. The minimum absolute atomic E-state index is 0.114. The van der Waals surface area contributed by atoms with Crippen molar-refractivity contribution in [3.05, 3.63) is 78.4 Å². The van der Waals surface area contributed by atoms with Gasteiger partial charge in [0.1, 0.15) is 0 Å². The molecule has 0 saturated carbocycles. The highest BCUT2D eigenvalue weighted by Crippen LogP contribution is 2.42. The van der Waals surface area contributed by atoms with Gasteiger partial charge in [0.15, 0.2) is 0 Å². The zero-order valence-electron chi connectivity index (χ0n) is 13.7. The molecule has 0 spiro atoms. The molecule has 0 aliphatic carbocycles. The number of rotatable bonds is 5. The number of non-ortho nitro benzene ring substituents is 1. The average Bonchev–Trinajstić information content (AvgIpc) is 2.61. The van der Waals surface area contributed by atoms with E-state index >= 15 is 0 Å². The van der Waals surface area contributed by atoms with Crippen LogP contribution in [0.25, 0.3) is 10.9 Å². The summed E-state index contributed by atoms with van der Waals surface area (Å²) in [6, 6.07) is 9.69. The fourth-order valence-electron chi connectivity index (χ4n) is 2.50. The van der Waals surface area contributed by atoms with Crippen LogP contribution in [0.15, 0.2) is 42.5 Å². The van der Waals surface area contributed by atoms with Gasteiger partial charge in [0.25, 0.3) is 11.4 Å². The van der Waals surface area contributed by atoms with E-state index < -0.39 is 37.6 Å². The van der Waals surface area contributed by atoms with E-state index in [1.54, 1.807) is 25.1 Å². The number of nitro groups is 3. The van der Waals surface area contributed by atoms with Gasteiger partial charge < -0.3 is 4.74 Å². The predicted octanol–water partition coefficient (Wildman–Crippen LogP) is 4.06. The largest absolute Gasteiger partial charge is 0.425 e. The van der Waals surface area contributed by atoms with E-state index in [4.69, 9.17) is 4.74 Å². The Morgan fingerprint density at radius 2 is 1.52 bits per heavy atom. The van der Waals surface area contributed by atoms with Crippen LogP contribution in [0.1, 0.15) is 5.56 Å². The van der Waals surface area contributed by atoms with E-state index in [1.165, 1.54) is 6.07 Å². The number of para-hydroxylation sites is 1. The van der Waals surface area contributed by atoms with Crippen molar-refractivity contribution in [3.63, 3.8) is 0 Å². The molecule has 0 fully saturated rings. The van der Waals surface area contributed by atoms with Crippen LogP contribution >= 0.6 is 0 Å². The molecule has 0 bridgehead atoms. The Kier molecular flexibility index (Phi) is 4.34. The van der Waals surface area contributed by atoms with E-state index in [-0.39, 0.29) is 5.88 Å². The molecule has 0 unspecified atom stereocenters. The number of hydrogen-bond acceptors (Lipinski definition) is 8. The Morgan fingerprint density at radius 3 is 2.07 bits per heavy atom. The number of nitrogens with zero attached hydrogens (tertiary/aromatic N) is 4. The van der Waals surface area contributed by atoms with Crippen molar-refractivity contribution in [2.75, 3.05) is 0 Å². The number of hydrogen-bond donors (Lipinski definition) is 0. The van der Waals surface area contributed by atoms with Crippen molar-refractivity contribution in [3.8, 4) is 11.6 Å². The number of aryl methyl sites for hydroxylation is 1. The Hall–Kier alpha value is -4.15. The lowest BCUT2D eigenvalue weighted by molar-refractivity contribution is -0.404. The fourth-order valence-corrected chi connectivity index (χ4v) is 2.50. The first-order valence-electron chi connectivity index (χ1n) is 7.43. The van der Waals surface area contributed by atoms with E-state index in [0.29, 0.717) is 17.6 Å². The van der Waals surface area contributed by atoms with Crippen molar-refractivity contribution in [1.29, 1.82) is 0 Å². The van der Waals surface area contributed by atoms with Gasteiger partial charge in [-0.2, -0.15) is 0 Å². The molecule has 2 aromatic carbocycles. The van der Waals surface area contributed by atoms with E-state index in [9.17, 15) is 30.3 Å². The summed E-state index contributed by atoms with van der Waals surface area (Å²) in [5, 5.41) is 34.3. The van der Waals surface area contributed by atoms with Crippen LogP contribution in [0.5, 0.6) is 11.6 Å². The predicted molar refractivity (Wildman–Crippen MR) is 93.0 cm³/mol. The Morgan fingerprint density at radius 1 is 0.889 bits per heavy atom. The highest BCUT2D eigenvalue weighted by molar-refractivity contribution is 5.82. The highest BCUT2D eigenvalue weighted by atomic mass is 16.6. The quantitative estimate of drug-likeness (QED) is 0.481. The maximum absolute atomic E-state index is 11.3. The molecule has 1 aromatic heterocycles. The van der Waals surface area contributed by atoms with Gasteiger partial charge in [-0.3, -0.25) is 30.3 Å². The molecule has 0 N–H and O–H groups in total. The van der Waals surface area contributed by atoms with Crippen LogP contribution in [-0.4, -0.2) is 19.8 Å². The number of pyridine rings is 1. The maximum atomic E-state index is 11.3. The molecule has 0 atom stereocenters. The van der Waals surface area contributed by atoms with Crippen molar-refractivity contribution >= 4 is 28.0 Å². The summed E-state index contributed by atoms with van der Waals surface area (Å²) in [6.07, 6.45) is 0. The third kappa shape index (κ3) is 3.33. The standard InChI is InChI=1S/C16H10N4O7/c1-9-3-2-4-10-5-6-14(17-15(9)10)27-16-12(19(23)24)7-11(18(21)22)8-13(16)20(25)26/h2-8H,1H3. The molecule has 136 valence electrons. The van der Waals surface area contributed by atoms with Crippen LogP contribution in [0, 0.1) is 37.3 Å². The van der Waals surface area contributed by atoms with Gasteiger partial charge >= 0.3 is 11.4 Å². The van der Waals surface area contributed by atoms with Crippen LogP contribution in [0.4, 0.5) is 17.1 Å². The lowest BCUT2D eigenvalue weighted by Crippen LogP contribution is -2.01. The fraction of sp³-hybridized carbons (Fsp3) is 0.0625. The molecular weight excluding hydrogens is 360 g/mol. The lowest BCUT2D eigenvalue weighted by Gasteiger charge is -2.08. The Balaban J connectivity index is 2.18. The normalized spacial score (nSPS) is 10.6. The number of nitro benzene ring substituents is 3. The van der Waals surface area contributed by atoms with Crippen LogP contribution < -0.4 is 4.74 Å². The third-order valence-electron chi connectivity index (χ3n) is 3.74. The van der Waals surface area contributed by atoms with Gasteiger partial charge in [-0.15, -0.1) is 0 Å². The summed E-state index contributed by atoms with van der Waals surface area (Å²) >= 11 is 0. The number of aromatic nitrogens is 1. The SMILES string of the molecule is Cc1cccc2ccc(Oc3c([N+](=O)[O-])cc([N+](=O)[O-])cc3[N+](=O)[O-])nc12. The average molecular weight is 370 g/mol. The first-order chi connectivity index (χ1) is 12.8. The van der Waals surface area contributed by atoms with Gasteiger partial charge in [0.05, 0.1) is 32.4 Å². The number of benzene rings is 2. The topological polar surface area (TPSA) is 152 Å². The van der Waals surface area contributed by atoms with Gasteiger partial charge in [-0.25, -0.2) is 4.98 Å².